The highest BCUT2D eigenvalue weighted by molar-refractivity contribution is 6.02. The maximum Gasteiger partial charge on any atom is 0.262 e. The van der Waals surface area contributed by atoms with Gasteiger partial charge in [0.15, 0.2) is 0 Å². The van der Waals surface area contributed by atoms with Crippen molar-refractivity contribution in [2.75, 3.05) is 11.4 Å². The largest absolute Gasteiger partial charge is 0.362 e. The molecule has 1 fully saturated rings. The number of nitrogens with one attached hydrogen (secondary N) is 1. The molecule has 1 aliphatic carbocycles. The van der Waals surface area contributed by atoms with E-state index >= 15 is 0 Å². The van der Waals surface area contributed by atoms with Crippen molar-refractivity contribution < 1.29 is 4.79 Å². The molecule has 1 aliphatic heterocycles. The predicted molar refractivity (Wildman–Crippen MR) is 120 cm³/mol. The van der Waals surface area contributed by atoms with Gasteiger partial charge in [0.25, 0.3) is 5.91 Å². The fourth-order valence-corrected chi connectivity index (χ4v) is 4.65. The smallest absolute Gasteiger partial charge is 0.262 e. The lowest BCUT2D eigenvalue weighted by Crippen LogP contribution is -2.45. The molecule has 29 heavy (non-hydrogen) atoms. The van der Waals surface area contributed by atoms with E-state index in [1.54, 1.807) is 6.08 Å². The van der Waals surface area contributed by atoms with Gasteiger partial charge in [0, 0.05) is 23.8 Å². The summed E-state index contributed by atoms with van der Waals surface area (Å²) < 4.78 is 0. The van der Waals surface area contributed by atoms with E-state index in [0.717, 1.165) is 44.2 Å². The summed E-state index contributed by atoms with van der Waals surface area (Å²) in [6.45, 7) is 9.81. The first-order valence-corrected chi connectivity index (χ1v) is 10.9. The molecule has 2 aliphatic rings. The molecular weight excluding hydrogens is 358 g/mol. The molecule has 1 saturated carbocycles. The number of anilines is 1. The molecule has 0 spiro atoms. The number of amides is 1. The standard InChI is InChI=1S/C25H33N3O/c1-5-13-28-23-12-11-19(15-22(23)18(2)16-25(28,3)4)14-20(17-26)24(29)27-21-9-7-6-8-10-21/h11-12,14-16,21H,5-10,13H2,1-4H3,(H,27,29)/b20-14+. The van der Waals surface area contributed by atoms with Crippen molar-refractivity contribution in [2.45, 2.75) is 77.8 Å². The molecule has 0 saturated heterocycles. The van der Waals surface area contributed by atoms with Crippen LogP contribution in [0.4, 0.5) is 5.69 Å². The van der Waals surface area contributed by atoms with E-state index in [4.69, 9.17) is 0 Å². The zero-order chi connectivity index (χ0) is 21.0. The van der Waals surface area contributed by atoms with Gasteiger partial charge in [-0.2, -0.15) is 5.26 Å². The molecule has 3 rings (SSSR count). The molecule has 1 N–H and O–H groups in total. The molecule has 0 radical (unpaired) electrons. The minimum absolute atomic E-state index is 0.0256. The second kappa shape index (κ2) is 8.86. The van der Waals surface area contributed by atoms with Crippen LogP contribution in [0.1, 0.15) is 77.3 Å². The van der Waals surface area contributed by atoms with Gasteiger partial charge in [0.1, 0.15) is 11.6 Å². The van der Waals surface area contributed by atoms with Gasteiger partial charge in [0.05, 0.1) is 5.54 Å². The molecule has 0 aromatic heterocycles. The van der Waals surface area contributed by atoms with Gasteiger partial charge in [-0.25, -0.2) is 0 Å². The Hall–Kier alpha value is -2.54. The Kier molecular flexibility index (Phi) is 6.47. The number of hydrogen-bond acceptors (Lipinski definition) is 3. The van der Waals surface area contributed by atoms with Crippen LogP contribution in [0.2, 0.25) is 0 Å². The molecule has 0 unspecified atom stereocenters. The molecule has 1 aromatic rings. The average Bonchev–Trinajstić information content (AvgIpc) is 2.69. The van der Waals surface area contributed by atoms with Crippen LogP contribution in [-0.2, 0) is 4.79 Å². The summed E-state index contributed by atoms with van der Waals surface area (Å²) >= 11 is 0. The van der Waals surface area contributed by atoms with Crippen LogP contribution in [0, 0.1) is 11.3 Å². The summed E-state index contributed by atoms with van der Waals surface area (Å²) in [6, 6.07) is 8.54. The van der Waals surface area contributed by atoms with Gasteiger partial charge in [-0.05, 0) is 69.4 Å². The van der Waals surface area contributed by atoms with Crippen LogP contribution in [0.25, 0.3) is 11.6 Å². The van der Waals surface area contributed by atoms with E-state index in [1.807, 2.05) is 6.07 Å². The Morgan fingerprint density at radius 3 is 2.69 bits per heavy atom. The van der Waals surface area contributed by atoms with Gasteiger partial charge < -0.3 is 10.2 Å². The number of carbonyl (C=O) groups is 1. The summed E-state index contributed by atoms with van der Waals surface area (Å²) in [6.07, 6.45) is 10.7. The molecule has 0 atom stereocenters. The third-order valence-electron chi connectivity index (χ3n) is 6.07. The van der Waals surface area contributed by atoms with E-state index in [9.17, 15) is 10.1 Å². The predicted octanol–water partition coefficient (Wildman–Crippen LogP) is 5.45. The summed E-state index contributed by atoms with van der Waals surface area (Å²) in [5.41, 5.74) is 4.68. The lowest BCUT2D eigenvalue weighted by molar-refractivity contribution is -0.117. The number of allylic oxidation sites excluding steroid dienone is 1. The Labute approximate surface area is 175 Å². The summed E-state index contributed by atoms with van der Waals surface area (Å²) in [7, 11) is 0. The van der Waals surface area contributed by atoms with Crippen LogP contribution < -0.4 is 10.2 Å². The monoisotopic (exact) mass is 391 g/mol. The number of nitrogens with zero attached hydrogens (tertiary/aromatic N) is 2. The molecular formula is C25H33N3O. The fraction of sp³-hybridized carbons (Fsp3) is 0.520. The third kappa shape index (κ3) is 4.72. The van der Waals surface area contributed by atoms with E-state index in [0.29, 0.717) is 0 Å². The highest BCUT2D eigenvalue weighted by atomic mass is 16.1. The van der Waals surface area contributed by atoms with Crippen molar-refractivity contribution >= 4 is 23.2 Å². The number of hydrogen-bond donors (Lipinski definition) is 1. The summed E-state index contributed by atoms with van der Waals surface area (Å²) in [4.78, 5) is 15.0. The number of rotatable bonds is 5. The SMILES string of the molecule is CCCN1c2ccc(/C=C(\C#N)C(=O)NC3CCCCC3)cc2C(C)=CC1(C)C. The maximum absolute atomic E-state index is 12.6. The Balaban J connectivity index is 1.87. The quantitative estimate of drug-likeness (QED) is 0.536. The first-order chi connectivity index (χ1) is 13.9. The van der Waals surface area contributed by atoms with Crippen molar-refractivity contribution in [1.82, 2.24) is 5.32 Å². The van der Waals surface area contributed by atoms with Crippen molar-refractivity contribution in [3.05, 3.63) is 41.0 Å². The molecule has 4 nitrogen and oxygen atoms in total. The normalized spacial score (nSPS) is 19.2. The van der Waals surface area contributed by atoms with Gasteiger partial charge >= 0.3 is 0 Å². The van der Waals surface area contributed by atoms with Crippen LogP contribution in [-0.4, -0.2) is 24.0 Å². The highest BCUT2D eigenvalue weighted by Gasteiger charge is 2.30. The van der Waals surface area contributed by atoms with Gasteiger partial charge in [-0.3, -0.25) is 4.79 Å². The van der Waals surface area contributed by atoms with Crippen LogP contribution in [0.5, 0.6) is 0 Å². The lowest BCUT2D eigenvalue weighted by atomic mass is 9.87. The Bertz CT molecular complexity index is 867. The van der Waals surface area contributed by atoms with E-state index in [-0.39, 0.29) is 23.1 Å². The van der Waals surface area contributed by atoms with Crippen molar-refractivity contribution in [2.24, 2.45) is 0 Å². The van der Waals surface area contributed by atoms with Crippen molar-refractivity contribution in [3.8, 4) is 6.07 Å². The minimum atomic E-state index is -0.252. The fourth-order valence-electron chi connectivity index (χ4n) is 4.65. The van der Waals surface area contributed by atoms with Gasteiger partial charge in [-0.15, -0.1) is 0 Å². The van der Waals surface area contributed by atoms with Crippen molar-refractivity contribution in [1.29, 1.82) is 5.26 Å². The van der Waals surface area contributed by atoms with E-state index < -0.39 is 0 Å². The number of carbonyl (C=O) groups excluding carboxylic acids is 1. The third-order valence-corrected chi connectivity index (χ3v) is 6.07. The summed E-state index contributed by atoms with van der Waals surface area (Å²) in [5.74, 6) is -0.252. The molecule has 1 amide bonds. The number of fused-ring (bicyclic) bond motifs is 1. The number of benzene rings is 1. The second-order valence-corrected chi connectivity index (χ2v) is 8.89. The zero-order valence-electron chi connectivity index (χ0n) is 18.2. The van der Waals surface area contributed by atoms with Gasteiger partial charge in [-0.1, -0.05) is 38.3 Å². The van der Waals surface area contributed by atoms with E-state index in [2.05, 4.69) is 62.2 Å². The molecule has 1 heterocycles. The highest BCUT2D eigenvalue weighted by Crippen LogP contribution is 2.39. The minimum Gasteiger partial charge on any atom is -0.362 e. The zero-order valence-corrected chi connectivity index (χ0v) is 18.2. The van der Waals surface area contributed by atoms with E-state index in [1.165, 1.54) is 23.2 Å². The molecule has 0 bridgehead atoms. The first-order valence-electron chi connectivity index (χ1n) is 10.9. The molecule has 154 valence electrons. The van der Waals surface area contributed by atoms with Crippen LogP contribution in [0.3, 0.4) is 0 Å². The van der Waals surface area contributed by atoms with Crippen LogP contribution >= 0.6 is 0 Å². The van der Waals surface area contributed by atoms with Crippen LogP contribution in [0.15, 0.2) is 29.8 Å². The van der Waals surface area contributed by atoms with Crippen molar-refractivity contribution in [3.63, 3.8) is 0 Å². The molecule has 4 heteroatoms. The Morgan fingerprint density at radius 1 is 1.31 bits per heavy atom. The topological polar surface area (TPSA) is 56.1 Å². The Morgan fingerprint density at radius 2 is 2.03 bits per heavy atom. The first kappa shape index (κ1) is 21.2. The maximum atomic E-state index is 12.6. The molecule has 1 aromatic carbocycles. The average molecular weight is 392 g/mol. The van der Waals surface area contributed by atoms with Gasteiger partial charge in [0.2, 0.25) is 0 Å². The second-order valence-electron chi connectivity index (χ2n) is 8.89. The number of nitriles is 1. The summed E-state index contributed by atoms with van der Waals surface area (Å²) in [5, 5.41) is 12.6. The lowest BCUT2D eigenvalue weighted by Gasteiger charge is -2.43.